The van der Waals surface area contributed by atoms with Gasteiger partial charge in [-0.1, -0.05) is 38.1 Å². The Kier molecular flexibility index (Phi) is 3.50. The number of carbonyl (C=O) groups is 2. The van der Waals surface area contributed by atoms with Crippen LogP contribution in [0.2, 0.25) is 0 Å². The Bertz CT molecular complexity index is 1180. The lowest BCUT2D eigenvalue weighted by Crippen LogP contribution is -2.37. The highest BCUT2D eigenvalue weighted by molar-refractivity contribution is 6.23. The molecule has 2 heterocycles. The largest absolute Gasteiger partial charge is 0.433 e. The number of fused-ring (bicyclic) bond motifs is 2. The van der Waals surface area contributed by atoms with E-state index in [1.165, 1.54) is 12.1 Å². The molecule has 2 aromatic rings. The Balaban J connectivity index is 1.74. The molecule has 0 saturated heterocycles. The number of hydrogen-bond donors (Lipinski definition) is 1. The first kappa shape index (κ1) is 17.6. The molecule has 2 aliphatic carbocycles. The van der Waals surface area contributed by atoms with E-state index in [4.69, 9.17) is 4.42 Å². The predicted molar refractivity (Wildman–Crippen MR) is 104 cm³/mol. The summed E-state index contributed by atoms with van der Waals surface area (Å²) in [6, 6.07) is 10.0. The summed E-state index contributed by atoms with van der Waals surface area (Å²) in [6.45, 7) is 4.06. The summed E-state index contributed by atoms with van der Waals surface area (Å²) in [5.41, 5.74) is 3.44. The van der Waals surface area contributed by atoms with Crippen LogP contribution in [0.3, 0.4) is 0 Å². The number of nitrogens with one attached hydrogen (secondary N) is 1. The van der Waals surface area contributed by atoms with Gasteiger partial charge in [0.05, 0.1) is 17.7 Å². The van der Waals surface area contributed by atoms with Gasteiger partial charge >= 0.3 is 5.88 Å². The van der Waals surface area contributed by atoms with Crippen LogP contribution >= 0.6 is 0 Å². The van der Waals surface area contributed by atoms with Crippen LogP contribution in [0.1, 0.15) is 54.3 Å². The van der Waals surface area contributed by atoms with Crippen molar-refractivity contribution >= 4 is 23.1 Å². The van der Waals surface area contributed by atoms with Crippen molar-refractivity contribution in [1.82, 2.24) is 5.32 Å². The van der Waals surface area contributed by atoms with Crippen molar-refractivity contribution in [2.24, 2.45) is 5.41 Å². The molecule has 0 fully saturated rings. The molecule has 146 valence electrons. The van der Waals surface area contributed by atoms with Gasteiger partial charge in [0.25, 0.3) is 0 Å². The van der Waals surface area contributed by atoms with Gasteiger partial charge in [-0.15, -0.1) is 0 Å². The van der Waals surface area contributed by atoms with Crippen molar-refractivity contribution in [3.63, 3.8) is 0 Å². The Hall–Kier alpha value is -3.48. The van der Waals surface area contributed by atoms with Crippen LogP contribution < -0.4 is 5.32 Å². The molecule has 1 aromatic heterocycles. The number of carbonyl (C=O) groups excluding carboxylic acids is 2. The summed E-state index contributed by atoms with van der Waals surface area (Å²) >= 11 is 0. The lowest BCUT2D eigenvalue weighted by molar-refractivity contribution is -0.402. The fourth-order valence-corrected chi connectivity index (χ4v) is 4.67. The van der Waals surface area contributed by atoms with Crippen molar-refractivity contribution in [3.8, 4) is 0 Å². The number of benzene rings is 1. The molecule has 1 atom stereocenters. The van der Waals surface area contributed by atoms with Crippen LogP contribution in [0.4, 0.5) is 5.88 Å². The fraction of sp³-hybridized carbons (Fsp3) is 0.273. The van der Waals surface area contributed by atoms with Crippen molar-refractivity contribution < 1.29 is 18.9 Å². The topological polar surface area (TPSA) is 102 Å². The number of rotatable bonds is 2. The summed E-state index contributed by atoms with van der Waals surface area (Å²) in [6.07, 6.45) is 0.983. The standard InChI is InChI=1S/C22H18N2O5/c1-22(2)9-13-17(14(25)10-22)18(15-7-8-16(29-15)24(27)28)19-20(23-13)11-5-3-4-6-12(11)21(19)26/h3-8,18,23H,9-10H2,1-2H3. The number of Topliss-reactive ketones (excluding diaryl/α,β-unsaturated/α-hetero) is 2. The van der Waals surface area contributed by atoms with Gasteiger partial charge < -0.3 is 9.73 Å². The van der Waals surface area contributed by atoms with Gasteiger partial charge in [0.2, 0.25) is 0 Å². The molecule has 7 nitrogen and oxygen atoms in total. The van der Waals surface area contributed by atoms with Gasteiger partial charge in [0.15, 0.2) is 11.6 Å². The minimum absolute atomic E-state index is 0.0666. The minimum Gasteiger partial charge on any atom is -0.405 e. The lowest BCUT2D eigenvalue weighted by Gasteiger charge is -2.38. The van der Waals surface area contributed by atoms with Gasteiger partial charge in [-0.25, -0.2) is 0 Å². The second-order valence-corrected chi connectivity index (χ2v) is 8.49. The van der Waals surface area contributed by atoms with Gasteiger partial charge in [-0.3, -0.25) is 19.7 Å². The van der Waals surface area contributed by atoms with E-state index in [9.17, 15) is 19.7 Å². The molecule has 7 heteroatoms. The zero-order valence-corrected chi connectivity index (χ0v) is 15.9. The number of nitro groups is 1. The quantitative estimate of drug-likeness (QED) is 0.611. The van der Waals surface area contributed by atoms with Crippen LogP contribution in [-0.2, 0) is 4.79 Å². The molecular weight excluding hydrogens is 372 g/mol. The first-order valence-corrected chi connectivity index (χ1v) is 9.42. The molecular formula is C22H18N2O5. The molecule has 0 spiro atoms. The zero-order chi connectivity index (χ0) is 20.5. The van der Waals surface area contributed by atoms with Crippen molar-refractivity contribution in [2.45, 2.75) is 32.6 Å². The van der Waals surface area contributed by atoms with E-state index in [2.05, 4.69) is 5.32 Å². The van der Waals surface area contributed by atoms with Gasteiger partial charge in [0, 0.05) is 34.4 Å². The Morgan fingerprint density at radius 3 is 2.48 bits per heavy atom. The number of allylic oxidation sites excluding steroid dienone is 3. The van der Waals surface area contributed by atoms with Crippen LogP contribution in [0.5, 0.6) is 0 Å². The number of nitrogens with zero attached hydrogens (tertiary/aromatic N) is 1. The van der Waals surface area contributed by atoms with Crippen molar-refractivity contribution in [3.05, 3.63) is 80.2 Å². The Labute approximate surface area is 166 Å². The average molecular weight is 390 g/mol. The third-order valence-corrected chi connectivity index (χ3v) is 5.81. The maximum Gasteiger partial charge on any atom is 0.433 e. The maximum absolute atomic E-state index is 13.3. The highest BCUT2D eigenvalue weighted by Crippen LogP contribution is 2.51. The summed E-state index contributed by atoms with van der Waals surface area (Å²) in [4.78, 5) is 36.9. The number of ketones is 2. The molecule has 29 heavy (non-hydrogen) atoms. The first-order chi connectivity index (χ1) is 13.8. The summed E-state index contributed by atoms with van der Waals surface area (Å²) < 4.78 is 5.49. The zero-order valence-electron chi connectivity index (χ0n) is 15.9. The minimum atomic E-state index is -0.751. The molecule has 0 radical (unpaired) electrons. The van der Waals surface area contributed by atoms with E-state index in [1.807, 2.05) is 26.0 Å². The second-order valence-electron chi connectivity index (χ2n) is 8.49. The van der Waals surface area contributed by atoms with E-state index in [1.54, 1.807) is 12.1 Å². The fourth-order valence-electron chi connectivity index (χ4n) is 4.67. The molecule has 0 saturated carbocycles. The number of dihydropyridines is 1. The van der Waals surface area contributed by atoms with Crippen molar-refractivity contribution in [2.75, 3.05) is 0 Å². The maximum atomic E-state index is 13.3. The predicted octanol–water partition coefficient (Wildman–Crippen LogP) is 4.13. The number of hydrogen-bond acceptors (Lipinski definition) is 6. The summed E-state index contributed by atoms with van der Waals surface area (Å²) in [5.74, 6) is -1.17. The monoisotopic (exact) mass is 390 g/mol. The molecule has 1 unspecified atom stereocenters. The van der Waals surface area contributed by atoms with E-state index >= 15 is 0 Å². The SMILES string of the molecule is CC1(C)CC(=O)C2=C(C1)NC1=C(C(=O)c3ccccc31)C2c1ccc([N+](=O)[O-])o1. The molecule has 1 N–H and O–H groups in total. The van der Waals surface area contributed by atoms with Gasteiger partial charge in [0.1, 0.15) is 10.7 Å². The number of furan rings is 1. The van der Waals surface area contributed by atoms with E-state index < -0.39 is 16.7 Å². The highest BCUT2D eigenvalue weighted by Gasteiger charge is 2.47. The van der Waals surface area contributed by atoms with Crippen LogP contribution in [0.25, 0.3) is 5.70 Å². The van der Waals surface area contributed by atoms with E-state index in [0.29, 0.717) is 35.2 Å². The normalized spacial score (nSPS) is 22.2. The molecule has 3 aliphatic rings. The van der Waals surface area contributed by atoms with Gasteiger partial charge in [-0.2, -0.15) is 0 Å². The highest BCUT2D eigenvalue weighted by atomic mass is 16.6. The molecule has 0 bridgehead atoms. The third-order valence-electron chi connectivity index (χ3n) is 5.81. The molecule has 0 amide bonds. The smallest absolute Gasteiger partial charge is 0.405 e. The van der Waals surface area contributed by atoms with Gasteiger partial charge in [-0.05, 0) is 17.9 Å². The first-order valence-electron chi connectivity index (χ1n) is 9.42. The molecule has 1 aromatic carbocycles. The lowest BCUT2D eigenvalue weighted by atomic mass is 9.69. The van der Waals surface area contributed by atoms with Crippen LogP contribution in [0.15, 0.2) is 57.7 Å². The molecule has 5 rings (SSSR count). The molecule has 1 aliphatic heterocycles. The van der Waals surface area contributed by atoms with Crippen molar-refractivity contribution in [1.29, 1.82) is 0 Å². The third kappa shape index (κ3) is 2.50. The summed E-state index contributed by atoms with van der Waals surface area (Å²) in [7, 11) is 0. The van der Waals surface area contributed by atoms with Crippen LogP contribution in [0, 0.1) is 15.5 Å². The van der Waals surface area contributed by atoms with E-state index in [-0.39, 0.29) is 22.7 Å². The van der Waals surface area contributed by atoms with Crippen LogP contribution in [-0.4, -0.2) is 16.5 Å². The Morgan fingerprint density at radius 2 is 1.79 bits per heavy atom. The van der Waals surface area contributed by atoms with E-state index in [0.717, 1.165) is 11.3 Å². The second kappa shape index (κ2) is 5.76. The Morgan fingerprint density at radius 1 is 1.07 bits per heavy atom. The summed E-state index contributed by atoms with van der Waals surface area (Å²) in [5, 5.41) is 14.5. The average Bonchev–Trinajstić information content (AvgIpc) is 3.24.